The summed E-state index contributed by atoms with van der Waals surface area (Å²) in [7, 11) is -0.431. The fourth-order valence-corrected chi connectivity index (χ4v) is 5.11. The molecule has 3 aliphatic rings. The largest absolute Gasteiger partial charge is 0.494 e. The number of halogens is 1. The quantitative estimate of drug-likeness (QED) is 0.473. The third-order valence-corrected chi connectivity index (χ3v) is 8.46. The van der Waals surface area contributed by atoms with E-state index in [9.17, 15) is 5.26 Å². The first kappa shape index (κ1) is 30.7. The van der Waals surface area contributed by atoms with Gasteiger partial charge in [-0.1, -0.05) is 34.1 Å². The highest BCUT2D eigenvalue weighted by Gasteiger charge is 2.51. The van der Waals surface area contributed by atoms with Crippen LogP contribution in [-0.4, -0.2) is 80.7 Å². The zero-order valence-electron chi connectivity index (χ0n) is 23.9. The maximum Gasteiger partial charge on any atom is 0.494 e. The van der Waals surface area contributed by atoms with E-state index in [1.807, 2.05) is 64.1 Å². The maximum atomic E-state index is 9.55. The van der Waals surface area contributed by atoms with Gasteiger partial charge in [0.15, 0.2) is 0 Å². The fourth-order valence-electron chi connectivity index (χ4n) is 4.75. The lowest BCUT2D eigenvalue weighted by Gasteiger charge is -2.32. The van der Waals surface area contributed by atoms with Crippen LogP contribution in [0.1, 0.15) is 49.9 Å². The van der Waals surface area contributed by atoms with Crippen molar-refractivity contribution in [3.63, 3.8) is 0 Å². The molecule has 3 saturated heterocycles. The molecule has 40 heavy (non-hydrogen) atoms. The highest BCUT2D eigenvalue weighted by Crippen LogP contribution is 2.36. The number of nitrogens with zero attached hydrogens (tertiary/aromatic N) is 4. The predicted molar refractivity (Wildman–Crippen MR) is 158 cm³/mol. The zero-order chi connectivity index (χ0) is 28.8. The molecule has 8 nitrogen and oxygen atoms in total. The average Bonchev–Trinajstić information content (AvgIpc) is 3.17. The van der Waals surface area contributed by atoms with Crippen LogP contribution < -0.4 is 5.46 Å². The lowest BCUT2D eigenvalue weighted by molar-refractivity contribution is 0.00578. The third-order valence-electron chi connectivity index (χ3n) is 7.97. The summed E-state index contributed by atoms with van der Waals surface area (Å²) in [6.07, 6.45) is 0. The Hall–Kier alpha value is -2.28. The van der Waals surface area contributed by atoms with Gasteiger partial charge in [-0.05, 0) is 62.5 Å². The summed E-state index contributed by atoms with van der Waals surface area (Å²) in [5.74, 6) is 0. The van der Waals surface area contributed by atoms with Crippen LogP contribution in [-0.2, 0) is 31.9 Å². The minimum absolute atomic E-state index is 0.378. The van der Waals surface area contributed by atoms with Crippen molar-refractivity contribution in [2.45, 2.75) is 52.0 Å². The van der Waals surface area contributed by atoms with Gasteiger partial charge in [0.25, 0.3) is 0 Å². The molecule has 5 rings (SSSR count). The van der Waals surface area contributed by atoms with E-state index in [-0.39, 0.29) is 11.2 Å². The Bertz CT molecular complexity index is 1230. The number of nitriles is 2. The molecular weight excluding hydrogens is 571 g/mol. The third kappa shape index (κ3) is 7.71. The highest BCUT2D eigenvalue weighted by molar-refractivity contribution is 9.10. The van der Waals surface area contributed by atoms with Crippen molar-refractivity contribution in [3.8, 4) is 12.1 Å². The van der Waals surface area contributed by atoms with Gasteiger partial charge in [-0.25, -0.2) is 0 Å². The molecular formula is C30H38BBrN4O4. The van der Waals surface area contributed by atoms with Crippen molar-refractivity contribution < 1.29 is 18.8 Å². The molecule has 3 heterocycles. The summed E-state index contributed by atoms with van der Waals surface area (Å²) in [6.45, 7) is 16.5. The number of benzene rings is 2. The highest BCUT2D eigenvalue weighted by atomic mass is 79.9. The van der Waals surface area contributed by atoms with Gasteiger partial charge >= 0.3 is 7.12 Å². The van der Waals surface area contributed by atoms with Crippen LogP contribution in [0.3, 0.4) is 0 Å². The van der Waals surface area contributed by atoms with Gasteiger partial charge in [0.1, 0.15) is 0 Å². The molecule has 2 aromatic rings. The fraction of sp³-hybridized carbons (Fsp3) is 0.533. The molecule has 0 bridgehead atoms. The Morgan fingerprint density at radius 1 is 0.750 bits per heavy atom. The summed E-state index contributed by atoms with van der Waals surface area (Å²) < 4.78 is 23.8. The van der Waals surface area contributed by atoms with E-state index in [0.717, 1.165) is 92.3 Å². The molecule has 0 saturated carbocycles. The van der Waals surface area contributed by atoms with Crippen molar-refractivity contribution in [2.75, 3.05) is 52.6 Å². The Kier molecular flexibility index (Phi) is 10.4. The summed E-state index contributed by atoms with van der Waals surface area (Å²) in [5.41, 5.74) is 3.71. The van der Waals surface area contributed by atoms with Gasteiger partial charge < -0.3 is 18.8 Å². The Morgan fingerprint density at radius 3 is 1.68 bits per heavy atom. The van der Waals surface area contributed by atoms with Gasteiger partial charge in [0.2, 0.25) is 0 Å². The number of rotatable bonds is 5. The van der Waals surface area contributed by atoms with Crippen molar-refractivity contribution in [2.24, 2.45) is 0 Å². The maximum absolute atomic E-state index is 9.55. The van der Waals surface area contributed by atoms with Gasteiger partial charge in [0.05, 0.1) is 60.9 Å². The molecule has 0 aliphatic carbocycles. The molecule has 0 unspecified atom stereocenters. The van der Waals surface area contributed by atoms with E-state index < -0.39 is 7.12 Å². The molecule has 0 amide bonds. The first-order chi connectivity index (χ1) is 19.1. The minimum atomic E-state index is -0.431. The van der Waals surface area contributed by atoms with E-state index in [1.165, 1.54) is 0 Å². The molecule has 0 spiro atoms. The van der Waals surface area contributed by atoms with Crippen molar-refractivity contribution in [3.05, 3.63) is 63.1 Å². The second-order valence-corrected chi connectivity index (χ2v) is 12.2. The average molecular weight is 609 g/mol. The van der Waals surface area contributed by atoms with Crippen LogP contribution in [0, 0.1) is 22.7 Å². The van der Waals surface area contributed by atoms with Gasteiger partial charge in [0, 0.05) is 43.7 Å². The van der Waals surface area contributed by atoms with Crippen LogP contribution in [0.25, 0.3) is 0 Å². The lowest BCUT2D eigenvalue weighted by Crippen LogP contribution is -2.41. The summed E-state index contributed by atoms with van der Waals surface area (Å²) in [4.78, 5) is 4.63. The minimum Gasteiger partial charge on any atom is -0.399 e. The number of morpholine rings is 2. The summed E-state index contributed by atoms with van der Waals surface area (Å²) in [5, 5.41) is 18.6. The van der Waals surface area contributed by atoms with Crippen molar-refractivity contribution in [1.82, 2.24) is 9.80 Å². The predicted octanol–water partition coefficient (Wildman–Crippen LogP) is 3.84. The zero-order valence-corrected chi connectivity index (χ0v) is 25.5. The van der Waals surface area contributed by atoms with E-state index in [4.69, 9.17) is 24.0 Å². The molecule has 3 fully saturated rings. The molecule has 212 valence electrons. The first-order valence-electron chi connectivity index (χ1n) is 13.8. The number of ether oxygens (including phenoxy) is 2. The Labute approximate surface area is 247 Å². The van der Waals surface area contributed by atoms with E-state index in [1.54, 1.807) is 0 Å². The van der Waals surface area contributed by atoms with Crippen molar-refractivity contribution in [1.29, 1.82) is 10.5 Å². The molecule has 0 atom stereocenters. The van der Waals surface area contributed by atoms with Crippen molar-refractivity contribution >= 4 is 28.5 Å². The van der Waals surface area contributed by atoms with E-state index in [2.05, 4.69) is 37.9 Å². The Balaban J connectivity index is 0.000000201. The van der Waals surface area contributed by atoms with Crippen LogP contribution in [0.4, 0.5) is 0 Å². The molecule has 10 heteroatoms. The molecule has 3 aliphatic heterocycles. The molecule has 2 aromatic carbocycles. The summed E-state index contributed by atoms with van der Waals surface area (Å²) in [6, 6.07) is 16.4. The topological polar surface area (TPSA) is 91.0 Å². The monoisotopic (exact) mass is 608 g/mol. The SMILES string of the molecule is CC1(C)OB(c2ccc(CN3CCOCC3)c(C#N)c2)OC1(C)C.N#Cc1cc(Br)ccc1CN1CCOCC1. The number of hydrogen-bond acceptors (Lipinski definition) is 8. The second kappa shape index (κ2) is 13.6. The first-order valence-corrected chi connectivity index (χ1v) is 14.6. The smallest absolute Gasteiger partial charge is 0.399 e. The van der Waals surface area contributed by atoms with E-state index >= 15 is 0 Å². The van der Waals surface area contributed by atoms with Crippen LogP contribution in [0.5, 0.6) is 0 Å². The summed E-state index contributed by atoms with van der Waals surface area (Å²) >= 11 is 3.38. The molecule has 0 radical (unpaired) electrons. The molecule has 0 N–H and O–H groups in total. The van der Waals surface area contributed by atoms with Gasteiger partial charge in [-0.15, -0.1) is 0 Å². The standard InChI is InChI=1S/C18H25BN2O3.C12H13BrN2O/c1-17(2)18(3,4)24-19(23-17)16-6-5-14(15(11-16)12-20)13-21-7-9-22-10-8-21;13-12-2-1-10(11(7-12)8-14)9-15-3-5-16-6-4-15/h5-6,11H,7-10,13H2,1-4H3;1-2,7H,3-6,9H2. The molecule has 0 aromatic heterocycles. The van der Waals surface area contributed by atoms with E-state index in [0.29, 0.717) is 5.56 Å². The van der Waals surface area contributed by atoms with Gasteiger partial charge in [-0.3, -0.25) is 9.80 Å². The van der Waals surface area contributed by atoms with Crippen LogP contribution in [0.2, 0.25) is 0 Å². The van der Waals surface area contributed by atoms with Crippen LogP contribution in [0.15, 0.2) is 40.9 Å². The Morgan fingerprint density at radius 2 is 1.20 bits per heavy atom. The lowest BCUT2D eigenvalue weighted by atomic mass is 9.78. The van der Waals surface area contributed by atoms with Gasteiger partial charge in [-0.2, -0.15) is 10.5 Å². The normalized spacial score (nSPS) is 20.7. The number of hydrogen-bond donors (Lipinski definition) is 0. The second-order valence-electron chi connectivity index (χ2n) is 11.3. The van der Waals surface area contributed by atoms with Crippen LogP contribution >= 0.6 is 15.9 Å².